The van der Waals surface area contributed by atoms with Gasteiger partial charge in [-0.1, -0.05) is 61.2 Å². The van der Waals surface area contributed by atoms with E-state index in [-0.39, 0.29) is 0 Å². The van der Waals surface area contributed by atoms with E-state index in [1.165, 1.54) is 11.1 Å². The van der Waals surface area contributed by atoms with E-state index in [1.54, 1.807) is 0 Å². The van der Waals surface area contributed by atoms with Crippen molar-refractivity contribution in [2.45, 2.75) is 19.8 Å². The van der Waals surface area contributed by atoms with Crippen LogP contribution in [0.5, 0.6) is 0 Å². The smallest absolute Gasteiger partial charge is 0.00290 e. The molecule has 1 aromatic rings. The van der Waals surface area contributed by atoms with Gasteiger partial charge in [-0.2, -0.15) is 0 Å². The van der Waals surface area contributed by atoms with Crippen molar-refractivity contribution < 1.29 is 0 Å². The van der Waals surface area contributed by atoms with Crippen LogP contribution in [0.25, 0.3) is 0 Å². The lowest BCUT2D eigenvalue weighted by Crippen LogP contribution is -1.86. The van der Waals surface area contributed by atoms with Gasteiger partial charge < -0.3 is 0 Å². The van der Waals surface area contributed by atoms with E-state index in [0.29, 0.717) is 0 Å². The van der Waals surface area contributed by atoms with E-state index in [9.17, 15) is 0 Å². The van der Waals surface area contributed by atoms with Crippen LogP contribution in [-0.4, -0.2) is 0 Å². The Morgan fingerprint density at radius 2 is 2.00 bits per heavy atom. The number of allylic oxidation sites excluding steroid dienone is 5. The molecule has 0 aliphatic heterocycles. The Kier molecular flexibility index (Phi) is 5.24. The highest BCUT2D eigenvalue weighted by Gasteiger charge is 1.93. The van der Waals surface area contributed by atoms with Crippen LogP contribution in [0, 0.1) is 0 Å². The highest BCUT2D eigenvalue weighted by atomic mass is 14.0. The Bertz CT molecular complexity index is 342. The zero-order valence-electron chi connectivity index (χ0n) is 9.32. The molecule has 0 aliphatic rings. The molecule has 1 rings (SSSR count). The molecule has 0 unspecified atom stereocenters. The molecule has 0 amide bonds. The number of benzene rings is 1. The molecular weight excluding hydrogens is 180 g/mol. The molecule has 0 spiro atoms. The van der Waals surface area contributed by atoms with Crippen LogP contribution in [0.4, 0.5) is 0 Å². The van der Waals surface area contributed by atoms with Crippen LogP contribution in [0.3, 0.4) is 0 Å². The Labute approximate surface area is 92.6 Å². The largest absolute Gasteiger partial charge is 0.0988 e. The molecule has 0 aliphatic carbocycles. The molecule has 15 heavy (non-hydrogen) atoms. The molecule has 0 heteroatoms. The Morgan fingerprint density at radius 1 is 1.27 bits per heavy atom. The first kappa shape index (κ1) is 11.5. The summed E-state index contributed by atoms with van der Waals surface area (Å²) < 4.78 is 0. The minimum absolute atomic E-state index is 0.974. The molecule has 0 N–H and O–H groups in total. The van der Waals surface area contributed by atoms with Gasteiger partial charge in [-0.15, -0.1) is 0 Å². The average molecular weight is 198 g/mol. The fourth-order valence-electron chi connectivity index (χ4n) is 1.41. The summed E-state index contributed by atoms with van der Waals surface area (Å²) in [5.41, 5.74) is 2.63. The van der Waals surface area contributed by atoms with Crippen LogP contribution in [0.2, 0.25) is 0 Å². The predicted molar refractivity (Wildman–Crippen MR) is 67.9 cm³/mol. The molecule has 0 saturated heterocycles. The van der Waals surface area contributed by atoms with Crippen molar-refractivity contribution in [2.24, 2.45) is 0 Å². The van der Waals surface area contributed by atoms with Gasteiger partial charge in [0.2, 0.25) is 0 Å². The molecule has 0 bridgehead atoms. The third-order valence-electron chi connectivity index (χ3n) is 2.27. The van der Waals surface area contributed by atoms with Gasteiger partial charge in [-0.05, 0) is 30.9 Å². The third kappa shape index (κ3) is 4.46. The minimum atomic E-state index is 0.974. The molecular formula is C15H18. The van der Waals surface area contributed by atoms with E-state index in [1.807, 2.05) is 19.1 Å². The van der Waals surface area contributed by atoms with E-state index >= 15 is 0 Å². The monoisotopic (exact) mass is 198 g/mol. The van der Waals surface area contributed by atoms with E-state index in [2.05, 4.69) is 49.1 Å². The second kappa shape index (κ2) is 6.83. The molecule has 0 atom stereocenters. The van der Waals surface area contributed by atoms with Crippen molar-refractivity contribution in [1.29, 1.82) is 0 Å². The summed E-state index contributed by atoms with van der Waals surface area (Å²) in [6.07, 6.45) is 10.3. The summed E-state index contributed by atoms with van der Waals surface area (Å²) in [5.74, 6) is 0. The maximum absolute atomic E-state index is 3.84. The highest BCUT2D eigenvalue weighted by Crippen LogP contribution is 2.09. The van der Waals surface area contributed by atoms with Gasteiger partial charge in [0.1, 0.15) is 0 Å². The lowest BCUT2D eigenvalue weighted by Gasteiger charge is -2.01. The Hall–Kier alpha value is -1.56. The molecule has 0 aromatic heterocycles. The maximum Gasteiger partial charge on any atom is -0.00290 e. The van der Waals surface area contributed by atoms with E-state index in [0.717, 1.165) is 12.8 Å². The van der Waals surface area contributed by atoms with Gasteiger partial charge >= 0.3 is 0 Å². The minimum Gasteiger partial charge on any atom is -0.0988 e. The summed E-state index contributed by atoms with van der Waals surface area (Å²) in [5, 5.41) is 0. The molecule has 0 radical (unpaired) electrons. The lowest BCUT2D eigenvalue weighted by molar-refractivity contribution is 1.17. The molecule has 0 fully saturated rings. The van der Waals surface area contributed by atoms with Crippen molar-refractivity contribution in [3.05, 3.63) is 72.4 Å². The normalized spacial score (nSPS) is 11.9. The van der Waals surface area contributed by atoms with Crippen molar-refractivity contribution in [3.63, 3.8) is 0 Å². The van der Waals surface area contributed by atoms with Gasteiger partial charge in [-0.3, -0.25) is 0 Å². The zero-order chi connectivity index (χ0) is 10.9. The first-order valence-electron chi connectivity index (χ1n) is 5.33. The standard InChI is InChI=1S/C15H18/c1-3-5-7-10-14(4-2)13-15-11-8-6-9-12-15/h3-6,8-12H,2,7,13H2,1H3/b5-3-,14-10+. The van der Waals surface area contributed by atoms with Crippen molar-refractivity contribution in [3.8, 4) is 0 Å². The fourth-order valence-corrected chi connectivity index (χ4v) is 1.41. The summed E-state index contributed by atoms with van der Waals surface area (Å²) in [6.45, 7) is 5.88. The topological polar surface area (TPSA) is 0 Å². The Morgan fingerprint density at radius 3 is 2.60 bits per heavy atom. The second-order valence-corrected chi connectivity index (χ2v) is 3.45. The van der Waals surface area contributed by atoms with Crippen LogP contribution in [0.1, 0.15) is 18.9 Å². The fraction of sp³-hybridized carbons (Fsp3) is 0.200. The van der Waals surface area contributed by atoms with Gasteiger partial charge in [0, 0.05) is 0 Å². The lowest BCUT2D eigenvalue weighted by atomic mass is 10.0. The van der Waals surface area contributed by atoms with Gasteiger partial charge in [-0.25, -0.2) is 0 Å². The summed E-state index contributed by atoms with van der Waals surface area (Å²) in [6, 6.07) is 10.5. The quantitative estimate of drug-likeness (QED) is 0.488. The Balaban J connectivity index is 2.61. The molecule has 1 aromatic carbocycles. The number of hydrogen-bond acceptors (Lipinski definition) is 0. The first-order chi connectivity index (χ1) is 7.36. The van der Waals surface area contributed by atoms with Crippen molar-refractivity contribution in [1.82, 2.24) is 0 Å². The number of rotatable bonds is 5. The van der Waals surface area contributed by atoms with E-state index in [4.69, 9.17) is 0 Å². The second-order valence-electron chi connectivity index (χ2n) is 3.45. The van der Waals surface area contributed by atoms with Crippen molar-refractivity contribution >= 4 is 0 Å². The highest BCUT2D eigenvalue weighted by molar-refractivity contribution is 5.27. The van der Waals surface area contributed by atoms with Gasteiger partial charge in [0.15, 0.2) is 0 Å². The molecule has 78 valence electrons. The summed E-state index contributed by atoms with van der Waals surface area (Å²) in [7, 11) is 0. The number of hydrogen-bond donors (Lipinski definition) is 0. The van der Waals surface area contributed by atoms with Crippen LogP contribution in [0.15, 0.2) is 66.8 Å². The average Bonchev–Trinajstić information content (AvgIpc) is 2.29. The van der Waals surface area contributed by atoms with Crippen LogP contribution in [-0.2, 0) is 6.42 Å². The third-order valence-corrected chi connectivity index (χ3v) is 2.27. The van der Waals surface area contributed by atoms with Gasteiger partial charge in [0.05, 0.1) is 0 Å². The zero-order valence-corrected chi connectivity index (χ0v) is 9.32. The molecule has 0 heterocycles. The van der Waals surface area contributed by atoms with E-state index < -0.39 is 0 Å². The predicted octanol–water partition coefficient (Wildman–Crippen LogP) is 4.31. The first-order valence-corrected chi connectivity index (χ1v) is 5.33. The summed E-state index contributed by atoms with van der Waals surface area (Å²) >= 11 is 0. The van der Waals surface area contributed by atoms with Crippen molar-refractivity contribution in [2.75, 3.05) is 0 Å². The van der Waals surface area contributed by atoms with Gasteiger partial charge in [0.25, 0.3) is 0 Å². The summed E-state index contributed by atoms with van der Waals surface area (Å²) in [4.78, 5) is 0. The maximum atomic E-state index is 3.84. The molecule has 0 nitrogen and oxygen atoms in total. The SMILES string of the molecule is C=C/C(=C\C/C=C\C)Cc1ccccc1. The van der Waals surface area contributed by atoms with Crippen LogP contribution >= 0.6 is 0 Å². The molecule has 0 saturated carbocycles. The van der Waals surface area contributed by atoms with Crippen LogP contribution < -0.4 is 0 Å².